The van der Waals surface area contributed by atoms with Gasteiger partial charge in [-0.25, -0.2) is 4.39 Å². The number of aromatic nitrogens is 5. The predicted molar refractivity (Wildman–Crippen MR) is 81.7 cm³/mol. The Balaban J connectivity index is 1.79. The predicted octanol–water partition coefficient (Wildman–Crippen LogP) is 2.36. The lowest BCUT2D eigenvalue weighted by atomic mass is 10.2. The first-order chi connectivity index (χ1) is 11.7. The smallest absolute Gasteiger partial charge is 0.386 e. The third kappa shape index (κ3) is 2.39. The highest BCUT2D eigenvalue weighted by Crippen LogP contribution is 2.22. The molecule has 1 aromatic carbocycles. The zero-order chi connectivity index (χ0) is 16.5. The van der Waals surface area contributed by atoms with E-state index in [-0.39, 0.29) is 23.1 Å². The molecular weight excluding hydrogens is 313 g/mol. The van der Waals surface area contributed by atoms with E-state index >= 15 is 0 Å². The Morgan fingerprint density at radius 3 is 2.67 bits per heavy atom. The van der Waals surface area contributed by atoms with E-state index in [0.717, 1.165) is 0 Å². The van der Waals surface area contributed by atoms with Crippen LogP contribution in [-0.4, -0.2) is 19.8 Å². The van der Waals surface area contributed by atoms with Gasteiger partial charge in [-0.2, -0.15) is 4.52 Å². The van der Waals surface area contributed by atoms with Crippen molar-refractivity contribution in [3.63, 3.8) is 0 Å². The summed E-state index contributed by atoms with van der Waals surface area (Å²) in [6.45, 7) is 0. The van der Waals surface area contributed by atoms with Crippen molar-refractivity contribution < 1.29 is 13.9 Å². The molecule has 0 bridgehead atoms. The number of nitrogens with zero attached hydrogens (tertiary/aromatic N) is 5. The van der Waals surface area contributed by atoms with E-state index in [0.29, 0.717) is 10.4 Å². The van der Waals surface area contributed by atoms with Crippen molar-refractivity contribution >= 4 is 5.65 Å². The number of hydrogen-bond donors (Lipinski definition) is 0. The van der Waals surface area contributed by atoms with E-state index in [1.54, 1.807) is 42.5 Å². The second-order valence-electron chi connectivity index (χ2n) is 4.91. The Morgan fingerprint density at radius 2 is 1.83 bits per heavy atom. The molecule has 0 atom stereocenters. The molecule has 0 aliphatic heterocycles. The van der Waals surface area contributed by atoms with Gasteiger partial charge in [0.1, 0.15) is 5.82 Å². The Kier molecular flexibility index (Phi) is 3.27. The first kappa shape index (κ1) is 14.1. The largest absolute Gasteiger partial charge is 0.616 e. The number of halogens is 1. The third-order valence-electron chi connectivity index (χ3n) is 3.35. The molecule has 0 aliphatic carbocycles. The van der Waals surface area contributed by atoms with Crippen molar-refractivity contribution in [2.75, 3.05) is 0 Å². The summed E-state index contributed by atoms with van der Waals surface area (Å²) in [5.41, 5.74) is 0.705. The Bertz CT molecular complexity index is 1030. The molecule has 0 radical (unpaired) electrons. The van der Waals surface area contributed by atoms with E-state index in [4.69, 9.17) is 4.74 Å². The summed E-state index contributed by atoms with van der Waals surface area (Å²) in [6, 6.07) is 14.2. The molecule has 3 aromatic heterocycles. The maximum Gasteiger partial charge on any atom is 0.386 e. The lowest BCUT2D eigenvalue weighted by Crippen LogP contribution is -2.27. The molecule has 7 nitrogen and oxygen atoms in total. The Labute approximate surface area is 135 Å². The van der Waals surface area contributed by atoms with Gasteiger partial charge >= 0.3 is 5.88 Å². The summed E-state index contributed by atoms with van der Waals surface area (Å²) in [5.74, 6) is 0.0533. The van der Waals surface area contributed by atoms with E-state index in [2.05, 4.69) is 15.3 Å². The molecule has 8 heteroatoms. The molecule has 0 unspecified atom stereocenters. The standard InChI is InChI=1S/C16H10FN5O2/c17-12-6-2-1-5-11(12)16-19-18-13-8-9-14(20-22(13)16)24-15-7-3-4-10-21(15)23/h1-10H. The Morgan fingerprint density at radius 1 is 1.00 bits per heavy atom. The summed E-state index contributed by atoms with van der Waals surface area (Å²) in [7, 11) is 0. The molecule has 0 spiro atoms. The third-order valence-corrected chi connectivity index (χ3v) is 3.35. The number of ether oxygens (including phenoxy) is 1. The second kappa shape index (κ2) is 5.58. The minimum atomic E-state index is -0.430. The minimum absolute atomic E-state index is 0.0740. The highest BCUT2D eigenvalue weighted by Gasteiger charge is 2.15. The van der Waals surface area contributed by atoms with Gasteiger partial charge in [-0.05, 0) is 24.3 Å². The zero-order valence-electron chi connectivity index (χ0n) is 12.2. The first-order valence-corrected chi connectivity index (χ1v) is 7.06. The molecule has 0 saturated heterocycles. The summed E-state index contributed by atoms with van der Waals surface area (Å²) >= 11 is 0. The van der Waals surface area contributed by atoms with Crippen LogP contribution < -0.4 is 9.47 Å². The first-order valence-electron chi connectivity index (χ1n) is 7.06. The van der Waals surface area contributed by atoms with Crippen LogP contribution in [0.25, 0.3) is 17.0 Å². The fourth-order valence-electron chi connectivity index (χ4n) is 2.24. The van der Waals surface area contributed by atoms with Gasteiger partial charge in [0.15, 0.2) is 17.7 Å². The van der Waals surface area contributed by atoms with E-state index < -0.39 is 5.82 Å². The van der Waals surface area contributed by atoms with Crippen LogP contribution in [0.5, 0.6) is 11.8 Å². The molecule has 0 aliphatic rings. The van der Waals surface area contributed by atoms with Crippen molar-refractivity contribution in [3.8, 4) is 23.1 Å². The average molecular weight is 323 g/mol. The van der Waals surface area contributed by atoms with E-state index in [1.807, 2.05) is 0 Å². The maximum absolute atomic E-state index is 14.0. The lowest BCUT2D eigenvalue weighted by molar-refractivity contribution is -0.611. The average Bonchev–Trinajstić information content (AvgIpc) is 3.00. The van der Waals surface area contributed by atoms with Gasteiger partial charge in [0.05, 0.1) is 11.6 Å². The van der Waals surface area contributed by atoms with Crippen LogP contribution in [0.2, 0.25) is 0 Å². The molecule has 0 amide bonds. The maximum atomic E-state index is 14.0. The number of pyridine rings is 1. The normalized spacial score (nSPS) is 10.9. The summed E-state index contributed by atoms with van der Waals surface area (Å²) in [4.78, 5) is 0. The highest BCUT2D eigenvalue weighted by atomic mass is 19.1. The van der Waals surface area contributed by atoms with Crippen molar-refractivity contribution in [2.45, 2.75) is 0 Å². The van der Waals surface area contributed by atoms with Gasteiger partial charge in [-0.15, -0.1) is 20.0 Å². The molecule has 4 aromatic rings. The van der Waals surface area contributed by atoms with Gasteiger partial charge in [-0.1, -0.05) is 12.1 Å². The summed E-state index contributed by atoms with van der Waals surface area (Å²) in [6.07, 6.45) is 1.32. The van der Waals surface area contributed by atoms with Crippen LogP contribution in [0.1, 0.15) is 0 Å². The topological polar surface area (TPSA) is 79.2 Å². The molecular formula is C16H10FN5O2. The monoisotopic (exact) mass is 323 g/mol. The highest BCUT2D eigenvalue weighted by molar-refractivity contribution is 5.59. The van der Waals surface area contributed by atoms with Gasteiger partial charge < -0.3 is 9.94 Å². The number of hydrogen-bond acceptors (Lipinski definition) is 5. The number of rotatable bonds is 3. The molecule has 0 N–H and O–H groups in total. The van der Waals surface area contributed by atoms with Crippen LogP contribution in [-0.2, 0) is 0 Å². The molecule has 118 valence electrons. The fourth-order valence-corrected chi connectivity index (χ4v) is 2.24. The molecule has 3 heterocycles. The van der Waals surface area contributed by atoms with Gasteiger partial charge in [0, 0.05) is 12.1 Å². The van der Waals surface area contributed by atoms with Crippen LogP contribution in [0.15, 0.2) is 60.8 Å². The Hall–Kier alpha value is -3.55. The second-order valence-corrected chi connectivity index (χ2v) is 4.91. The number of fused-ring (bicyclic) bond motifs is 1. The van der Waals surface area contributed by atoms with Crippen molar-refractivity contribution in [1.29, 1.82) is 0 Å². The molecule has 0 saturated carbocycles. The zero-order valence-corrected chi connectivity index (χ0v) is 12.2. The molecule has 0 fully saturated rings. The van der Waals surface area contributed by atoms with Crippen LogP contribution in [0.3, 0.4) is 0 Å². The number of benzene rings is 1. The quantitative estimate of drug-likeness (QED) is 0.427. The summed E-state index contributed by atoms with van der Waals surface area (Å²) < 4.78 is 21.4. The van der Waals surface area contributed by atoms with Gasteiger partial charge in [0.2, 0.25) is 5.88 Å². The van der Waals surface area contributed by atoms with Crippen molar-refractivity contribution in [3.05, 3.63) is 71.8 Å². The molecule has 4 rings (SSSR count). The SMILES string of the molecule is [O-][n+]1ccccc1Oc1ccc2nnc(-c3ccccc3F)n2n1. The lowest BCUT2D eigenvalue weighted by Gasteiger charge is -2.05. The van der Waals surface area contributed by atoms with Crippen molar-refractivity contribution in [1.82, 2.24) is 19.8 Å². The molecule has 24 heavy (non-hydrogen) atoms. The minimum Gasteiger partial charge on any atom is -0.616 e. The van der Waals surface area contributed by atoms with Crippen LogP contribution >= 0.6 is 0 Å². The van der Waals surface area contributed by atoms with Crippen LogP contribution in [0, 0.1) is 11.0 Å². The van der Waals surface area contributed by atoms with Gasteiger partial charge in [0.25, 0.3) is 0 Å². The van der Waals surface area contributed by atoms with Crippen LogP contribution in [0.4, 0.5) is 4.39 Å². The van der Waals surface area contributed by atoms with E-state index in [9.17, 15) is 9.60 Å². The van der Waals surface area contributed by atoms with Gasteiger partial charge in [-0.3, -0.25) is 0 Å². The van der Waals surface area contributed by atoms with Crippen molar-refractivity contribution in [2.24, 2.45) is 0 Å². The fraction of sp³-hybridized carbons (Fsp3) is 0. The summed E-state index contributed by atoms with van der Waals surface area (Å²) in [5, 5.41) is 23.8. The van der Waals surface area contributed by atoms with E-state index in [1.165, 1.54) is 22.8 Å².